The average Bonchev–Trinajstić information content (AvgIpc) is 2.91. The smallest absolute Gasteiger partial charge is 0.317 e. The number of aliphatic carboxylic acids is 1. The molecule has 5 heteroatoms. The predicted molar refractivity (Wildman–Crippen MR) is 149 cm³/mol. The van der Waals surface area contributed by atoms with E-state index < -0.39 is 5.97 Å². The van der Waals surface area contributed by atoms with Gasteiger partial charge in [0.05, 0.1) is 6.54 Å². The van der Waals surface area contributed by atoms with Crippen LogP contribution in [0.3, 0.4) is 0 Å². The zero-order valence-corrected chi connectivity index (χ0v) is 21.6. The van der Waals surface area contributed by atoms with Crippen molar-refractivity contribution in [2.45, 2.75) is 50.4 Å². The first kappa shape index (κ1) is 25.3. The third-order valence-electron chi connectivity index (χ3n) is 8.10. The van der Waals surface area contributed by atoms with Crippen LogP contribution in [0.25, 0.3) is 0 Å². The van der Waals surface area contributed by atoms with E-state index in [0.717, 1.165) is 64.7 Å². The second-order valence-electron chi connectivity index (χ2n) is 10.6. The van der Waals surface area contributed by atoms with Crippen molar-refractivity contribution >= 4 is 11.7 Å². The maximum absolute atomic E-state index is 11.2. The number of nitrogens with zero attached hydrogens (tertiary/aromatic N) is 2. The monoisotopic (exact) mass is 498 g/mol. The van der Waals surface area contributed by atoms with Crippen LogP contribution in [0.4, 0.5) is 5.69 Å². The van der Waals surface area contributed by atoms with Crippen molar-refractivity contribution in [2.24, 2.45) is 0 Å². The Kier molecular flexibility index (Phi) is 8.10. The minimum Gasteiger partial charge on any atom is -0.508 e. The Hall–Kier alpha value is -3.31. The maximum Gasteiger partial charge on any atom is 0.317 e. The number of hydrogen-bond donors (Lipinski definition) is 2. The van der Waals surface area contributed by atoms with Crippen LogP contribution in [0, 0.1) is 0 Å². The van der Waals surface area contributed by atoms with Crippen molar-refractivity contribution in [3.05, 3.63) is 95.1 Å². The Balaban J connectivity index is 1.38. The van der Waals surface area contributed by atoms with Gasteiger partial charge in [-0.05, 0) is 91.1 Å². The molecule has 2 atom stereocenters. The van der Waals surface area contributed by atoms with Gasteiger partial charge in [0, 0.05) is 31.2 Å². The van der Waals surface area contributed by atoms with Gasteiger partial charge in [-0.2, -0.15) is 0 Å². The molecule has 1 aliphatic carbocycles. The largest absolute Gasteiger partial charge is 0.508 e. The molecule has 2 aliphatic rings. The van der Waals surface area contributed by atoms with Gasteiger partial charge in [0.15, 0.2) is 0 Å². The van der Waals surface area contributed by atoms with Gasteiger partial charge in [0.1, 0.15) is 5.75 Å². The molecule has 1 heterocycles. The van der Waals surface area contributed by atoms with Gasteiger partial charge in [-0.25, -0.2) is 0 Å². The molecule has 1 fully saturated rings. The van der Waals surface area contributed by atoms with Gasteiger partial charge in [-0.1, -0.05) is 55.0 Å². The minimum atomic E-state index is -0.738. The number of anilines is 1. The maximum atomic E-state index is 11.2. The Morgan fingerprint density at radius 3 is 2.32 bits per heavy atom. The zero-order chi connectivity index (χ0) is 25.6. The molecular weight excluding hydrogens is 460 g/mol. The van der Waals surface area contributed by atoms with Gasteiger partial charge in [-0.15, -0.1) is 0 Å². The third-order valence-corrected chi connectivity index (χ3v) is 8.10. The van der Waals surface area contributed by atoms with E-state index in [2.05, 4.69) is 70.5 Å². The van der Waals surface area contributed by atoms with Gasteiger partial charge >= 0.3 is 5.97 Å². The number of aryl methyl sites for hydroxylation is 1. The molecule has 3 aromatic rings. The summed E-state index contributed by atoms with van der Waals surface area (Å²) in [6.07, 6.45) is 6.30. The highest BCUT2D eigenvalue weighted by Crippen LogP contribution is 2.47. The van der Waals surface area contributed by atoms with Crippen LogP contribution in [0.2, 0.25) is 0 Å². The van der Waals surface area contributed by atoms with Gasteiger partial charge in [0.2, 0.25) is 0 Å². The van der Waals surface area contributed by atoms with E-state index in [1.165, 1.54) is 27.9 Å². The molecule has 0 aromatic heterocycles. The molecule has 1 saturated heterocycles. The first-order chi connectivity index (χ1) is 18.1. The molecule has 5 rings (SSSR count). The van der Waals surface area contributed by atoms with Crippen molar-refractivity contribution < 1.29 is 15.0 Å². The molecule has 0 radical (unpaired) electrons. The van der Waals surface area contributed by atoms with Crippen molar-refractivity contribution in [1.29, 1.82) is 0 Å². The van der Waals surface area contributed by atoms with Crippen molar-refractivity contribution in [1.82, 2.24) is 4.90 Å². The van der Waals surface area contributed by atoms with Crippen LogP contribution in [0.15, 0.2) is 72.8 Å². The number of carboxylic acids is 1. The Morgan fingerprint density at radius 1 is 0.811 bits per heavy atom. The van der Waals surface area contributed by atoms with E-state index in [1.807, 2.05) is 12.1 Å². The number of benzene rings is 3. The lowest BCUT2D eigenvalue weighted by molar-refractivity contribution is -0.138. The van der Waals surface area contributed by atoms with Crippen LogP contribution in [0.1, 0.15) is 66.2 Å². The molecule has 3 aromatic carbocycles. The topological polar surface area (TPSA) is 64.0 Å². The molecule has 194 valence electrons. The molecule has 37 heavy (non-hydrogen) atoms. The third kappa shape index (κ3) is 6.16. The van der Waals surface area contributed by atoms with Crippen LogP contribution < -0.4 is 4.90 Å². The number of phenolic OH excluding ortho intramolecular Hbond substituents is 1. The molecule has 1 aliphatic heterocycles. The Bertz CT molecular complexity index is 1180. The molecule has 0 bridgehead atoms. The standard InChI is InChI=1S/C32H38N2O3/c35-28-15-17-30-26(22-28)12-16-29(24-8-3-1-4-9-24)32(30)25-10-13-27(14-11-25)34-20-6-2-5-18-33(19-7-21-34)23-31(36)37/h1,3-4,8-11,13-15,17,22,29,32,35H,2,5-7,12,16,18-21,23H2,(H,36,37)/t29-,32+/m1/s1. The number of hydrogen-bond acceptors (Lipinski definition) is 4. The second-order valence-corrected chi connectivity index (χ2v) is 10.6. The van der Waals surface area contributed by atoms with Gasteiger partial charge in [-0.3, -0.25) is 9.69 Å². The summed E-state index contributed by atoms with van der Waals surface area (Å²) < 4.78 is 0. The summed E-state index contributed by atoms with van der Waals surface area (Å²) in [6.45, 7) is 3.82. The van der Waals surface area contributed by atoms with Gasteiger partial charge in [0.25, 0.3) is 0 Å². The summed E-state index contributed by atoms with van der Waals surface area (Å²) in [7, 11) is 0. The highest BCUT2D eigenvalue weighted by Gasteiger charge is 2.32. The first-order valence-electron chi connectivity index (χ1n) is 13.7. The average molecular weight is 499 g/mol. The SMILES string of the molecule is O=C(O)CN1CCCCCN(c2ccc([C@@H]3c4ccc(O)cc4CC[C@@H]3c3ccccc3)cc2)CCC1. The Morgan fingerprint density at radius 2 is 1.54 bits per heavy atom. The van der Waals surface area contributed by atoms with E-state index >= 15 is 0 Å². The fourth-order valence-corrected chi connectivity index (χ4v) is 6.30. The molecule has 2 N–H and O–H groups in total. The van der Waals surface area contributed by atoms with E-state index in [-0.39, 0.29) is 12.5 Å². The predicted octanol–water partition coefficient (Wildman–Crippen LogP) is 6.02. The second kappa shape index (κ2) is 11.8. The van der Waals surface area contributed by atoms with Crippen LogP contribution in [0.5, 0.6) is 5.75 Å². The molecule has 0 amide bonds. The van der Waals surface area contributed by atoms with Crippen molar-refractivity contribution in [3.63, 3.8) is 0 Å². The number of fused-ring (bicyclic) bond motifs is 1. The highest BCUT2D eigenvalue weighted by molar-refractivity contribution is 5.69. The quantitative estimate of drug-likeness (QED) is 0.450. The fraction of sp³-hybridized carbons (Fsp3) is 0.406. The molecule has 0 spiro atoms. The zero-order valence-electron chi connectivity index (χ0n) is 21.6. The highest BCUT2D eigenvalue weighted by atomic mass is 16.4. The molecular formula is C32H38N2O3. The normalized spacial score (nSPS) is 21.2. The van der Waals surface area contributed by atoms with Crippen molar-refractivity contribution in [3.8, 4) is 5.75 Å². The van der Waals surface area contributed by atoms with E-state index in [4.69, 9.17) is 0 Å². The Labute approximate surface area is 220 Å². The van der Waals surface area contributed by atoms with E-state index in [9.17, 15) is 15.0 Å². The van der Waals surface area contributed by atoms with Gasteiger partial charge < -0.3 is 15.1 Å². The summed E-state index contributed by atoms with van der Waals surface area (Å²) in [5.41, 5.74) is 6.51. The summed E-state index contributed by atoms with van der Waals surface area (Å²) >= 11 is 0. The summed E-state index contributed by atoms with van der Waals surface area (Å²) in [6, 6.07) is 25.9. The number of carboxylic acid groups (broad SMARTS) is 1. The van der Waals surface area contributed by atoms with Crippen LogP contribution >= 0.6 is 0 Å². The fourth-order valence-electron chi connectivity index (χ4n) is 6.30. The van der Waals surface area contributed by atoms with Crippen LogP contribution in [-0.2, 0) is 11.2 Å². The minimum absolute atomic E-state index is 0.137. The number of carbonyl (C=O) groups is 1. The molecule has 0 unspecified atom stereocenters. The molecule has 0 saturated carbocycles. The van der Waals surface area contributed by atoms with E-state index in [0.29, 0.717) is 11.7 Å². The number of phenols is 1. The molecule has 5 nitrogen and oxygen atoms in total. The van der Waals surface area contributed by atoms with Crippen LogP contribution in [-0.4, -0.2) is 53.8 Å². The lowest BCUT2D eigenvalue weighted by Crippen LogP contribution is -2.35. The lowest BCUT2D eigenvalue weighted by atomic mass is 9.69. The lowest BCUT2D eigenvalue weighted by Gasteiger charge is -2.35. The summed E-state index contributed by atoms with van der Waals surface area (Å²) in [4.78, 5) is 15.8. The van der Waals surface area contributed by atoms with E-state index in [1.54, 1.807) is 0 Å². The summed E-state index contributed by atoms with van der Waals surface area (Å²) in [5, 5.41) is 19.3. The summed E-state index contributed by atoms with van der Waals surface area (Å²) in [5.74, 6) is 0.261. The number of rotatable bonds is 5. The number of aromatic hydroxyl groups is 1. The first-order valence-corrected chi connectivity index (χ1v) is 13.7. The van der Waals surface area contributed by atoms with Crippen molar-refractivity contribution in [2.75, 3.05) is 37.6 Å².